The van der Waals surface area contributed by atoms with Crippen LogP contribution in [0.1, 0.15) is 26.3 Å². The van der Waals surface area contributed by atoms with Gasteiger partial charge in [-0.3, -0.25) is 19.3 Å². The lowest BCUT2D eigenvalue weighted by atomic mass is 10.1. The van der Waals surface area contributed by atoms with Crippen molar-refractivity contribution in [1.29, 1.82) is 0 Å². The molecule has 27 heavy (non-hydrogen) atoms. The van der Waals surface area contributed by atoms with E-state index in [0.717, 1.165) is 16.2 Å². The van der Waals surface area contributed by atoms with Gasteiger partial charge in [-0.1, -0.05) is 30.3 Å². The van der Waals surface area contributed by atoms with Crippen LogP contribution in [-0.2, 0) is 11.3 Å². The molecule has 2 heterocycles. The van der Waals surface area contributed by atoms with Gasteiger partial charge in [-0.05, 0) is 29.8 Å². The Morgan fingerprint density at radius 3 is 2.26 bits per heavy atom. The maximum atomic E-state index is 12.3. The van der Waals surface area contributed by atoms with Gasteiger partial charge in [-0.2, -0.15) is 5.10 Å². The molecule has 0 fully saturated rings. The minimum atomic E-state index is -0.442. The molecule has 0 aliphatic carbocycles. The molecule has 0 atom stereocenters. The van der Waals surface area contributed by atoms with Crippen LogP contribution in [0.4, 0.5) is 0 Å². The highest BCUT2D eigenvalue weighted by molar-refractivity contribution is 6.22. The molecule has 0 radical (unpaired) electrons. The quantitative estimate of drug-likeness (QED) is 0.703. The molecule has 1 aliphatic heterocycles. The van der Waals surface area contributed by atoms with Crippen molar-refractivity contribution in [2.45, 2.75) is 6.54 Å². The Bertz CT molecular complexity index is 992. The van der Waals surface area contributed by atoms with Gasteiger partial charge in [0.25, 0.3) is 11.8 Å². The van der Waals surface area contributed by atoms with Crippen LogP contribution in [0.15, 0.2) is 67.0 Å². The standard InChI is InChI=1S/C20H16N4O3/c25-18(13-23-19(26)15-7-2-3-8-16(15)20(23)27)21-12-14-6-1-4-9-17(14)24-11-5-10-22-24/h1-11H,12-13H2,(H,21,25). The van der Waals surface area contributed by atoms with Gasteiger partial charge in [0.2, 0.25) is 5.91 Å². The van der Waals surface area contributed by atoms with Gasteiger partial charge in [0.1, 0.15) is 6.54 Å². The van der Waals surface area contributed by atoms with E-state index in [1.165, 1.54) is 0 Å². The summed E-state index contributed by atoms with van der Waals surface area (Å²) in [6, 6.07) is 15.9. The van der Waals surface area contributed by atoms with Gasteiger partial charge < -0.3 is 5.32 Å². The lowest BCUT2D eigenvalue weighted by Crippen LogP contribution is -2.40. The first-order valence-corrected chi connectivity index (χ1v) is 8.45. The monoisotopic (exact) mass is 360 g/mol. The van der Waals surface area contributed by atoms with Crippen molar-refractivity contribution in [2.75, 3.05) is 6.54 Å². The van der Waals surface area contributed by atoms with Gasteiger partial charge in [0.15, 0.2) is 0 Å². The fourth-order valence-corrected chi connectivity index (χ4v) is 3.07. The molecule has 0 saturated carbocycles. The summed E-state index contributed by atoms with van der Waals surface area (Å²) in [7, 11) is 0. The Hall–Kier alpha value is -3.74. The maximum Gasteiger partial charge on any atom is 0.262 e. The van der Waals surface area contributed by atoms with Crippen molar-refractivity contribution in [1.82, 2.24) is 20.0 Å². The molecule has 3 aromatic rings. The third-order valence-corrected chi connectivity index (χ3v) is 4.40. The van der Waals surface area contributed by atoms with Crippen molar-refractivity contribution in [2.24, 2.45) is 0 Å². The second-order valence-electron chi connectivity index (χ2n) is 6.10. The third kappa shape index (κ3) is 3.10. The van der Waals surface area contributed by atoms with Gasteiger partial charge in [-0.25, -0.2) is 4.68 Å². The molecule has 0 saturated heterocycles. The van der Waals surface area contributed by atoms with Gasteiger partial charge in [0, 0.05) is 18.9 Å². The molecule has 0 unspecified atom stereocenters. The molecule has 1 N–H and O–H groups in total. The van der Waals surface area contributed by atoms with Crippen LogP contribution in [-0.4, -0.2) is 38.9 Å². The molecule has 4 rings (SSSR count). The number of rotatable bonds is 5. The first-order chi connectivity index (χ1) is 13.1. The molecule has 1 aromatic heterocycles. The Labute approximate surface area is 155 Å². The zero-order valence-electron chi connectivity index (χ0n) is 14.3. The van der Waals surface area contributed by atoms with Gasteiger partial charge in [0.05, 0.1) is 16.8 Å². The molecule has 2 aromatic carbocycles. The average Bonchev–Trinajstić information content (AvgIpc) is 3.31. The average molecular weight is 360 g/mol. The number of hydrogen-bond acceptors (Lipinski definition) is 4. The number of nitrogens with one attached hydrogen (secondary N) is 1. The van der Waals surface area contributed by atoms with Crippen LogP contribution in [0.3, 0.4) is 0 Å². The lowest BCUT2D eigenvalue weighted by molar-refractivity contribution is -0.121. The Morgan fingerprint density at radius 2 is 1.59 bits per heavy atom. The molecular weight excluding hydrogens is 344 g/mol. The van der Waals surface area contributed by atoms with Crippen LogP contribution in [0.25, 0.3) is 5.69 Å². The molecule has 3 amide bonds. The van der Waals surface area contributed by atoms with Crippen molar-refractivity contribution < 1.29 is 14.4 Å². The number of imide groups is 1. The minimum absolute atomic E-state index is 0.262. The van der Waals surface area contributed by atoms with E-state index < -0.39 is 17.7 Å². The molecule has 1 aliphatic rings. The second kappa shape index (κ2) is 6.87. The van der Waals surface area contributed by atoms with Crippen LogP contribution < -0.4 is 5.32 Å². The normalized spacial score (nSPS) is 13.0. The maximum absolute atomic E-state index is 12.3. The van der Waals surface area contributed by atoms with Crippen LogP contribution in [0, 0.1) is 0 Å². The zero-order valence-corrected chi connectivity index (χ0v) is 14.3. The Balaban J connectivity index is 1.43. The van der Waals surface area contributed by atoms with E-state index in [1.807, 2.05) is 36.5 Å². The van der Waals surface area contributed by atoms with Crippen molar-refractivity contribution in [3.8, 4) is 5.69 Å². The number of amides is 3. The largest absolute Gasteiger partial charge is 0.350 e. The van der Waals surface area contributed by atoms with E-state index >= 15 is 0 Å². The SMILES string of the molecule is O=C(CN1C(=O)c2ccccc2C1=O)NCc1ccccc1-n1cccn1. The van der Waals surface area contributed by atoms with E-state index in [4.69, 9.17) is 0 Å². The molecule has 7 nitrogen and oxygen atoms in total. The smallest absolute Gasteiger partial charge is 0.262 e. The summed E-state index contributed by atoms with van der Waals surface area (Å²) in [5.41, 5.74) is 2.39. The summed E-state index contributed by atoms with van der Waals surface area (Å²) < 4.78 is 1.71. The highest BCUT2D eigenvalue weighted by Gasteiger charge is 2.36. The summed E-state index contributed by atoms with van der Waals surface area (Å²) in [6.07, 6.45) is 3.50. The topological polar surface area (TPSA) is 84.3 Å². The summed E-state index contributed by atoms with van der Waals surface area (Å²) >= 11 is 0. The first-order valence-electron chi connectivity index (χ1n) is 8.45. The summed E-state index contributed by atoms with van der Waals surface area (Å²) in [5, 5.41) is 6.98. The van der Waals surface area contributed by atoms with E-state index in [-0.39, 0.29) is 13.1 Å². The molecule has 0 spiro atoms. The highest BCUT2D eigenvalue weighted by Crippen LogP contribution is 2.22. The van der Waals surface area contributed by atoms with Crippen molar-refractivity contribution >= 4 is 17.7 Å². The van der Waals surface area contributed by atoms with E-state index in [9.17, 15) is 14.4 Å². The third-order valence-electron chi connectivity index (χ3n) is 4.40. The van der Waals surface area contributed by atoms with Crippen molar-refractivity contribution in [3.63, 3.8) is 0 Å². The molecule has 134 valence electrons. The molecule has 7 heteroatoms. The number of fused-ring (bicyclic) bond motifs is 1. The van der Waals surface area contributed by atoms with Crippen LogP contribution in [0.2, 0.25) is 0 Å². The van der Waals surface area contributed by atoms with E-state index in [2.05, 4.69) is 10.4 Å². The van der Waals surface area contributed by atoms with E-state index in [0.29, 0.717) is 11.1 Å². The number of nitrogens with zero attached hydrogens (tertiary/aromatic N) is 3. The Morgan fingerprint density at radius 1 is 0.926 bits per heavy atom. The van der Waals surface area contributed by atoms with E-state index in [1.54, 1.807) is 35.1 Å². The molecule has 0 bridgehead atoms. The van der Waals surface area contributed by atoms with Crippen molar-refractivity contribution in [3.05, 3.63) is 83.7 Å². The van der Waals surface area contributed by atoms with Gasteiger partial charge >= 0.3 is 0 Å². The first kappa shape index (κ1) is 16.7. The minimum Gasteiger partial charge on any atom is -0.350 e. The number of benzene rings is 2. The fraction of sp³-hybridized carbons (Fsp3) is 0.100. The fourth-order valence-electron chi connectivity index (χ4n) is 3.07. The number of carbonyl (C=O) groups excluding carboxylic acids is 3. The number of carbonyl (C=O) groups is 3. The zero-order chi connectivity index (χ0) is 18.8. The number of hydrogen-bond donors (Lipinski definition) is 1. The Kier molecular flexibility index (Phi) is 4.25. The molecular formula is C20H16N4O3. The summed E-state index contributed by atoms with van der Waals surface area (Å²) in [6.45, 7) is -0.0473. The predicted molar refractivity (Wildman–Crippen MR) is 97.2 cm³/mol. The number of para-hydroxylation sites is 1. The van der Waals surface area contributed by atoms with Gasteiger partial charge in [-0.15, -0.1) is 0 Å². The lowest BCUT2D eigenvalue weighted by Gasteiger charge is -2.15. The van der Waals surface area contributed by atoms with Crippen LogP contribution >= 0.6 is 0 Å². The second-order valence-corrected chi connectivity index (χ2v) is 6.10. The summed E-state index contributed by atoms with van der Waals surface area (Å²) in [4.78, 5) is 38.0. The number of aromatic nitrogens is 2. The predicted octanol–water partition coefficient (Wildman–Crippen LogP) is 1.78. The highest BCUT2D eigenvalue weighted by atomic mass is 16.2. The summed E-state index contributed by atoms with van der Waals surface area (Å²) in [5.74, 6) is -1.29. The van der Waals surface area contributed by atoms with Crippen LogP contribution in [0.5, 0.6) is 0 Å².